The fraction of sp³-hybridized carbons (Fsp3) is 0.261. The summed E-state index contributed by atoms with van der Waals surface area (Å²) in [6.45, 7) is 4.48. The largest absolute Gasteiger partial charge is 0.264 e. The van der Waals surface area contributed by atoms with Crippen molar-refractivity contribution in [1.82, 2.24) is 4.98 Å². The Labute approximate surface area is 169 Å². The molecule has 0 saturated heterocycles. The zero-order valence-electron chi connectivity index (χ0n) is 15.3. The van der Waals surface area contributed by atoms with Gasteiger partial charge in [0.15, 0.2) is 0 Å². The maximum Gasteiger partial charge on any atom is 0.0346 e. The molecule has 3 aromatic rings. The van der Waals surface area contributed by atoms with Gasteiger partial charge in [-0.1, -0.05) is 66.2 Å². The first kappa shape index (κ1) is 19.2. The number of halogens is 1. The number of nitrogens with zero attached hydrogens (tertiary/aromatic N) is 1. The van der Waals surface area contributed by atoms with Crippen molar-refractivity contribution >= 4 is 27.7 Å². The van der Waals surface area contributed by atoms with Crippen molar-refractivity contribution in [2.45, 2.75) is 38.2 Å². The van der Waals surface area contributed by atoms with Crippen LogP contribution < -0.4 is 0 Å². The van der Waals surface area contributed by atoms with Crippen molar-refractivity contribution in [3.63, 3.8) is 0 Å². The van der Waals surface area contributed by atoms with Crippen LogP contribution in [-0.2, 0) is 24.3 Å². The molecule has 0 unspecified atom stereocenters. The van der Waals surface area contributed by atoms with E-state index in [9.17, 15) is 0 Å². The van der Waals surface area contributed by atoms with Gasteiger partial charge in [-0.3, -0.25) is 4.98 Å². The van der Waals surface area contributed by atoms with E-state index < -0.39 is 0 Å². The van der Waals surface area contributed by atoms with Crippen LogP contribution in [0.3, 0.4) is 0 Å². The van der Waals surface area contributed by atoms with E-state index in [-0.39, 0.29) is 0 Å². The molecule has 134 valence electrons. The number of aromatic nitrogens is 1. The minimum Gasteiger partial charge on any atom is -0.264 e. The third-order valence-electron chi connectivity index (χ3n) is 4.67. The molecule has 0 N–H and O–H groups in total. The Bertz CT molecular complexity index is 844. The second-order valence-corrected chi connectivity index (χ2v) is 8.14. The molecule has 0 aliphatic rings. The fourth-order valence-corrected chi connectivity index (χ4v) is 4.95. The summed E-state index contributed by atoms with van der Waals surface area (Å²) < 4.78 is 1.24. The van der Waals surface area contributed by atoms with Gasteiger partial charge in [0.25, 0.3) is 0 Å². The lowest BCUT2D eigenvalue weighted by Crippen LogP contribution is -1.99. The van der Waals surface area contributed by atoms with Crippen LogP contribution in [0.5, 0.6) is 0 Å². The lowest BCUT2D eigenvalue weighted by atomic mass is 9.99. The molecule has 1 nitrogen and oxygen atoms in total. The van der Waals surface area contributed by atoms with Crippen LogP contribution in [0.4, 0.5) is 0 Å². The average molecular weight is 426 g/mol. The van der Waals surface area contributed by atoms with Crippen LogP contribution in [0.2, 0.25) is 0 Å². The molecule has 0 saturated carbocycles. The Kier molecular flexibility index (Phi) is 6.93. The second kappa shape index (κ2) is 9.38. The van der Waals surface area contributed by atoms with E-state index in [1.807, 2.05) is 30.2 Å². The molecule has 0 spiro atoms. The maximum atomic E-state index is 4.20. The first-order valence-electron chi connectivity index (χ1n) is 9.09. The SMILES string of the molecule is CCc1ccc(Br)c(CC)c1CSCc1ccc(-c2cccnc2)cc1. The minimum atomic E-state index is 1.03. The van der Waals surface area contributed by atoms with Gasteiger partial charge in [0, 0.05) is 28.4 Å². The second-order valence-electron chi connectivity index (χ2n) is 6.30. The quantitative estimate of drug-likeness (QED) is 0.401. The standard InChI is InChI=1S/C23H24BrNS/c1-3-18-11-12-23(24)21(4-2)22(18)16-26-15-17-7-9-19(10-8-17)20-6-5-13-25-14-20/h5-14H,3-4,15-16H2,1-2H3. The number of aryl methyl sites for hydroxylation is 1. The van der Waals surface area contributed by atoms with Crippen molar-refractivity contribution in [2.75, 3.05) is 0 Å². The van der Waals surface area contributed by atoms with Gasteiger partial charge in [-0.05, 0) is 58.4 Å². The average Bonchev–Trinajstić information content (AvgIpc) is 2.69. The highest BCUT2D eigenvalue weighted by Gasteiger charge is 2.10. The molecule has 3 rings (SSSR count). The van der Waals surface area contributed by atoms with Crippen molar-refractivity contribution in [3.8, 4) is 11.1 Å². The molecule has 0 atom stereocenters. The van der Waals surface area contributed by atoms with Crippen molar-refractivity contribution < 1.29 is 0 Å². The predicted octanol–water partition coefficient (Wildman–Crippen LogP) is 7.07. The number of benzene rings is 2. The summed E-state index contributed by atoms with van der Waals surface area (Å²) in [7, 11) is 0. The van der Waals surface area contributed by atoms with Crippen LogP contribution in [0.15, 0.2) is 65.4 Å². The molecular weight excluding hydrogens is 402 g/mol. The molecule has 1 aromatic heterocycles. The van der Waals surface area contributed by atoms with E-state index in [1.165, 1.54) is 37.9 Å². The normalized spacial score (nSPS) is 10.9. The zero-order chi connectivity index (χ0) is 18.4. The Morgan fingerprint density at radius 2 is 1.65 bits per heavy atom. The smallest absolute Gasteiger partial charge is 0.0346 e. The van der Waals surface area contributed by atoms with Gasteiger partial charge in [-0.2, -0.15) is 11.8 Å². The van der Waals surface area contributed by atoms with Crippen molar-refractivity contribution in [2.24, 2.45) is 0 Å². The van der Waals surface area contributed by atoms with Gasteiger partial charge in [0.2, 0.25) is 0 Å². The van der Waals surface area contributed by atoms with Gasteiger partial charge in [-0.25, -0.2) is 0 Å². The molecule has 1 heterocycles. The molecule has 0 aliphatic heterocycles. The molecule has 3 heteroatoms. The van der Waals surface area contributed by atoms with Crippen LogP contribution in [0.1, 0.15) is 36.1 Å². The van der Waals surface area contributed by atoms with Crippen LogP contribution >= 0.6 is 27.7 Å². The van der Waals surface area contributed by atoms with Gasteiger partial charge in [-0.15, -0.1) is 0 Å². The topological polar surface area (TPSA) is 12.9 Å². The van der Waals surface area contributed by atoms with Crippen molar-refractivity contribution in [1.29, 1.82) is 0 Å². The van der Waals surface area contributed by atoms with E-state index in [1.54, 1.807) is 0 Å². The highest BCUT2D eigenvalue weighted by molar-refractivity contribution is 9.10. The van der Waals surface area contributed by atoms with Crippen LogP contribution in [0, 0.1) is 0 Å². The summed E-state index contributed by atoms with van der Waals surface area (Å²) in [6, 6.07) is 17.4. The highest BCUT2D eigenvalue weighted by Crippen LogP contribution is 2.30. The molecular formula is C23H24BrNS. The third-order valence-corrected chi connectivity index (χ3v) is 6.44. The fourth-order valence-electron chi connectivity index (χ4n) is 3.20. The number of rotatable bonds is 7. The number of thioether (sulfide) groups is 1. The van der Waals surface area contributed by atoms with E-state index in [0.717, 1.165) is 24.3 Å². The summed E-state index contributed by atoms with van der Waals surface area (Å²) in [6.07, 6.45) is 5.89. The summed E-state index contributed by atoms with van der Waals surface area (Å²) in [5, 5.41) is 0. The summed E-state index contributed by atoms with van der Waals surface area (Å²) >= 11 is 5.72. The molecule has 0 radical (unpaired) electrons. The third kappa shape index (κ3) is 4.57. The predicted molar refractivity (Wildman–Crippen MR) is 118 cm³/mol. The summed E-state index contributed by atoms with van der Waals surface area (Å²) in [5.41, 5.74) is 8.21. The summed E-state index contributed by atoms with van der Waals surface area (Å²) in [4.78, 5) is 4.20. The number of hydrogen-bond acceptors (Lipinski definition) is 2. The van der Waals surface area contributed by atoms with Crippen molar-refractivity contribution in [3.05, 3.63) is 87.7 Å². The Morgan fingerprint density at radius 1 is 0.846 bits per heavy atom. The molecule has 0 amide bonds. The van der Waals surface area contributed by atoms with Crippen LogP contribution in [-0.4, -0.2) is 4.98 Å². The highest BCUT2D eigenvalue weighted by atomic mass is 79.9. The maximum absolute atomic E-state index is 4.20. The van der Waals surface area contributed by atoms with E-state index >= 15 is 0 Å². The molecule has 26 heavy (non-hydrogen) atoms. The number of pyridine rings is 1. The van der Waals surface area contributed by atoms with Gasteiger partial charge < -0.3 is 0 Å². The van der Waals surface area contributed by atoms with Gasteiger partial charge >= 0.3 is 0 Å². The molecule has 0 bridgehead atoms. The lowest BCUT2D eigenvalue weighted by molar-refractivity contribution is 1.03. The number of hydrogen-bond donors (Lipinski definition) is 0. The van der Waals surface area contributed by atoms with Gasteiger partial charge in [0.1, 0.15) is 0 Å². The van der Waals surface area contributed by atoms with Crippen LogP contribution in [0.25, 0.3) is 11.1 Å². The molecule has 2 aromatic carbocycles. The van der Waals surface area contributed by atoms with E-state index in [0.29, 0.717) is 0 Å². The summed E-state index contributed by atoms with van der Waals surface area (Å²) in [5.74, 6) is 2.10. The van der Waals surface area contributed by atoms with E-state index in [4.69, 9.17) is 0 Å². The zero-order valence-corrected chi connectivity index (χ0v) is 17.7. The first-order chi connectivity index (χ1) is 12.7. The molecule has 0 fully saturated rings. The molecule has 0 aliphatic carbocycles. The lowest BCUT2D eigenvalue weighted by Gasteiger charge is -2.15. The minimum absolute atomic E-state index is 1.03. The van der Waals surface area contributed by atoms with E-state index in [2.05, 4.69) is 77.2 Å². The van der Waals surface area contributed by atoms with Gasteiger partial charge in [0.05, 0.1) is 0 Å². The monoisotopic (exact) mass is 425 g/mol. The Balaban J connectivity index is 1.66. The first-order valence-corrected chi connectivity index (χ1v) is 11.0. The Hall–Kier alpha value is -1.58. The Morgan fingerprint density at radius 3 is 2.31 bits per heavy atom.